The largest absolute Gasteiger partial charge is 0.368 e. The maximum atomic E-state index is 13.4. The number of nitrogens with zero attached hydrogens (tertiary/aromatic N) is 3. The number of rotatable bonds is 7. The van der Waals surface area contributed by atoms with E-state index in [1.165, 1.54) is 28.6 Å². The average molecular weight is 546 g/mol. The predicted octanol–water partition coefficient (Wildman–Crippen LogP) is 4.13. The molecule has 0 atom stereocenters. The van der Waals surface area contributed by atoms with Crippen molar-refractivity contribution in [2.75, 3.05) is 37.6 Å². The highest BCUT2D eigenvalue weighted by Gasteiger charge is 2.30. The highest BCUT2D eigenvalue weighted by molar-refractivity contribution is 9.10. The van der Waals surface area contributed by atoms with Gasteiger partial charge >= 0.3 is 0 Å². The van der Waals surface area contributed by atoms with Gasteiger partial charge in [-0.2, -0.15) is 4.31 Å². The first kappa shape index (κ1) is 24.4. The number of halogens is 2. The third kappa shape index (κ3) is 5.84. The summed E-state index contributed by atoms with van der Waals surface area (Å²) < 4.78 is 42.1. The number of sulfonamides is 1. The summed E-state index contributed by atoms with van der Waals surface area (Å²) in [6.07, 6.45) is 0. The normalized spacial score (nSPS) is 14.4. The minimum Gasteiger partial charge on any atom is -0.368 e. The quantitative estimate of drug-likeness (QED) is 0.448. The van der Waals surface area contributed by atoms with Gasteiger partial charge < -0.3 is 9.80 Å². The summed E-state index contributed by atoms with van der Waals surface area (Å²) in [5.41, 5.74) is 1.70. The van der Waals surface area contributed by atoms with Crippen molar-refractivity contribution in [3.8, 4) is 0 Å². The van der Waals surface area contributed by atoms with Gasteiger partial charge in [-0.3, -0.25) is 4.79 Å². The summed E-state index contributed by atoms with van der Waals surface area (Å²) in [5.74, 6) is -0.529. The highest BCUT2D eigenvalue weighted by Crippen LogP contribution is 2.22. The van der Waals surface area contributed by atoms with Gasteiger partial charge in [0, 0.05) is 42.9 Å². The molecule has 0 unspecified atom stereocenters. The van der Waals surface area contributed by atoms with Gasteiger partial charge in [-0.05, 0) is 54.1 Å². The van der Waals surface area contributed by atoms with E-state index < -0.39 is 10.0 Å². The Morgan fingerprint density at radius 1 is 0.882 bits per heavy atom. The van der Waals surface area contributed by atoms with Crippen LogP contribution in [-0.4, -0.2) is 56.3 Å². The number of piperazine rings is 1. The average Bonchev–Trinajstić information content (AvgIpc) is 2.85. The molecule has 3 aromatic rings. The lowest BCUT2D eigenvalue weighted by Crippen LogP contribution is -2.51. The summed E-state index contributed by atoms with van der Waals surface area (Å²) in [4.78, 5) is 17.1. The Morgan fingerprint density at radius 3 is 2.12 bits per heavy atom. The molecule has 1 fully saturated rings. The molecule has 0 aromatic heterocycles. The summed E-state index contributed by atoms with van der Waals surface area (Å²) in [5, 5.41) is 0. The van der Waals surface area contributed by atoms with E-state index in [1.807, 2.05) is 30.3 Å². The van der Waals surface area contributed by atoms with Crippen molar-refractivity contribution in [3.05, 3.63) is 94.7 Å². The Kier molecular flexibility index (Phi) is 7.65. The second-order valence-corrected chi connectivity index (χ2v) is 10.9. The zero-order valence-corrected chi connectivity index (χ0v) is 20.9. The molecule has 0 aliphatic carbocycles. The van der Waals surface area contributed by atoms with E-state index in [2.05, 4.69) is 20.8 Å². The number of hydrogen-bond acceptors (Lipinski definition) is 4. The van der Waals surface area contributed by atoms with Crippen LogP contribution in [0, 0.1) is 5.82 Å². The Bertz CT molecular complexity index is 1210. The first-order chi connectivity index (χ1) is 16.3. The lowest BCUT2D eigenvalue weighted by Gasteiger charge is -2.37. The van der Waals surface area contributed by atoms with E-state index in [9.17, 15) is 17.6 Å². The molecule has 1 saturated heterocycles. The molecule has 34 heavy (non-hydrogen) atoms. The summed E-state index contributed by atoms with van der Waals surface area (Å²) in [6, 6.07) is 21.9. The Balaban J connectivity index is 1.48. The molecule has 0 N–H and O–H groups in total. The molecule has 4 rings (SSSR count). The second kappa shape index (κ2) is 10.7. The molecule has 1 amide bonds. The Morgan fingerprint density at radius 2 is 1.50 bits per heavy atom. The van der Waals surface area contributed by atoms with Crippen LogP contribution in [0.2, 0.25) is 0 Å². The third-order valence-corrected chi connectivity index (χ3v) is 8.12. The van der Waals surface area contributed by atoms with Crippen molar-refractivity contribution >= 4 is 37.5 Å². The van der Waals surface area contributed by atoms with Crippen LogP contribution in [0.3, 0.4) is 0 Å². The van der Waals surface area contributed by atoms with E-state index in [4.69, 9.17) is 0 Å². The number of benzene rings is 3. The fourth-order valence-corrected chi connectivity index (χ4v) is 5.53. The lowest BCUT2D eigenvalue weighted by atomic mass is 10.2. The van der Waals surface area contributed by atoms with Crippen LogP contribution in [0.1, 0.15) is 5.56 Å². The van der Waals surface area contributed by atoms with Crippen molar-refractivity contribution in [2.24, 2.45) is 0 Å². The van der Waals surface area contributed by atoms with Crippen LogP contribution in [0.4, 0.5) is 10.1 Å². The molecule has 0 radical (unpaired) electrons. The van der Waals surface area contributed by atoms with Gasteiger partial charge in [0.05, 0.1) is 11.4 Å². The molecule has 178 valence electrons. The molecule has 0 saturated carbocycles. The zero-order chi connectivity index (χ0) is 24.1. The maximum Gasteiger partial charge on any atom is 0.243 e. The summed E-state index contributed by atoms with van der Waals surface area (Å²) in [7, 11) is -3.89. The van der Waals surface area contributed by atoms with Crippen LogP contribution in [-0.2, 0) is 21.4 Å². The first-order valence-electron chi connectivity index (χ1n) is 10.9. The Hall–Kier alpha value is -2.75. The van der Waals surface area contributed by atoms with Crippen molar-refractivity contribution in [2.45, 2.75) is 11.4 Å². The maximum absolute atomic E-state index is 13.4. The van der Waals surface area contributed by atoms with Crippen molar-refractivity contribution in [1.29, 1.82) is 0 Å². The third-order valence-electron chi connectivity index (χ3n) is 5.79. The lowest BCUT2D eigenvalue weighted by molar-refractivity contribution is -0.131. The van der Waals surface area contributed by atoms with Gasteiger partial charge in [0.2, 0.25) is 15.9 Å². The highest BCUT2D eigenvalue weighted by atomic mass is 79.9. The van der Waals surface area contributed by atoms with Gasteiger partial charge in [-0.25, -0.2) is 12.8 Å². The minimum atomic E-state index is -3.89. The van der Waals surface area contributed by atoms with E-state index >= 15 is 0 Å². The SMILES string of the molecule is O=C(CN(Cc1ccccc1)S(=O)(=O)c1ccc(Br)cc1)N1CCN(c2ccc(F)cc2)CC1. The summed E-state index contributed by atoms with van der Waals surface area (Å²) >= 11 is 3.33. The molecule has 1 aliphatic rings. The fourth-order valence-electron chi connectivity index (χ4n) is 3.89. The van der Waals surface area contributed by atoms with Gasteiger partial charge in [0.15, 0.2) is 0 Å². The van der Waals surface area contributed by atoms with Crippen LogP contribution >= 0.6 is 15.9 Å². The molecule has 1 heterocycles. The van der Waals surface area contributed by atoms with Gasteiger partial charge in [0.25, 0.3) is 0 Å². The first-order valence-corrected chi connectivity index (χ1v) is 13.1. The molecule has 0 spiro atoms. The van der Waals surface area contributed by atoms with Gasteiger partial charge in [0.1, 0.15) is 5.82 Å². The number of amides is 1. The van der Waals surface area contributed by atoms with E-state index in [0.717, 1.165) is 15.7 Å². The van der Waals surface area contributed by atoms with Crippen molar-refractivity contribution in [1.82, 2.24) is 9.21 Å². The predicted molar refractivity (Wildman–Crippen MR) is 133 cm³/mol. The molecular weight excluding hydrogens is 521 g/mol. The topological polar surface area (TPSA) is 60.9 Å². The summed E-state index contributed by atoms with van der Waals surface area (Å²) in [6.45, 7) is 1.97. The van der Waals surface area contributed by atoms with Crippen molar-refractivity contribution in [3.63, 3.8) is 0 Å². The minimum absolute atomic E-state index is 0.0977. The van der Waals surface area contributed by atoms with Crippen LogP contribution < -0.4 is 4.90 Å². The number of carbonyl (C=O) groups is 1. The fraction of sp³-hybridized carbons (Fsp3) is 0.240. The van der Waals surface area contributed by atoms with Crippen LogP contribution in [0.15, 0.2) is 88.2 Å². The zero-order valence-electron chi connectivity index (χ0n) is 18.5. The monoisotopic (exact) mass is 545 g/mol. The molecule has 3 aromatic carbocycles. The Labute approximate surface area is 207 Å². The van der Waals surface area contributed by atoms with Crippen molar-refractivity contribution < 1.29 is 17.6 Å². The van der Waals surface area contributed by atoms with E-state index in [1.54, 1.807) is 29.2 Å². The van der Waals surface area contributed by atoms with E-state index in [0.29, 0.717) is 26.2 Å². The second-order valence-electron chi connectivity index (χ2n) is 8.06. The van der Waals surface area contributed by atoms with E-state index in [-0.39, 0.29) is 29.7 Å². The molecule has 1 aliphatic heterocycles. The molecule has 9 heteroatoms. The van der Waals surface area contributed by atoms with Gasteiger partial charge in [-0.1, -0.05) is 46.3 Å². The molecular formula is C25H25BrFN3O3S. The number of anilines is 1. The molecule has 0 bridgehead atoms. The molecule has 6 nitrogen and oxygen atoms in total. The number of hydrogen-bond donors (Lipinski definition) is 0. The smallest absolute Gasteiger partial charge is 0.243 e. The van der Waals surface area contributed by atoms with Crippen LogP contribution in [0.25, 0.3) is 0 Å². The standard InChI is InChI=1S/C25H25BrFN3O3S/c26-21-6-12-24(13-7-21)34(32,33)30(18-20-4-2-1-3-5-20)19-25(31)29-16-14-28(15-17-29)23-10-8-22(27)9-11-23/h1-13H,14-19H2. The van der Waals surface area contributed by atoms with Crippen LogP contribution in [0.5, 0.6) is 0 Å². The number of carbonyl (C=O) groups excluding carboxylic acids is 1. The van der Waals surface area contributed by atoms with Gasteiger partial charge in [-0.15, -0.1) is 0 Å².